The maximum absolute atomic E-state index is 5.54. The van der Waals surface area contributed by atoms with Crippen molar-refractivity contribution in [2.75, 3.05) is 6.54 Å². The van der Waals surface area contributed by atoms with Gasteiger partial charge in [-0.2, -0.15) is 0 Å². The first-order valence-corrected chi connectivity index (χ1v) is 5.70. The van der Waals surface area contributed by atoms with Gasteiger partial charge in [0.1, 0.15) is 5.82 Å². The molecule has 2 rings (SSSR count). The van der Waals surface area contributed by atoms with Crippen LogP contribution in [0.5, 0.6) is 0 Å². The van der Waals surface area contributed by atoms with Gasteiger partial charge < -0.3 is 5.73 Å². The quantitative estimate of drug-likeness (QED) is 0.856. The fourth-order valence-electron chi connectivity index (χ4n) is 1.74. The molecule has 0 spiro atoms. The molecule has 0 saturated carbocycles. The lowest BCUT2D eigenvalue weighted by molar-refractivity contribution is 0.852. The molecule has 17 heavy (non-hydrogen) atoms. The van der Waals surface area contributed by atoms with Crippen molar-refractivity contribution in [2.24, 2.45) is 5.73 Å². The predicted molar refractivity (Wildman–Crippen MR) is 66.6 cm³/mol. The van der Waals surface area contributed by atoms with Crippen molar-refractivity contribution in [3.05, 3.63) is 53.4 Å². The molecule has 0 aliphatic heterocycles. The van der Waals surface area contributed by atoms with E-state index >= 15 is 0 Å². The first kappa shape index (κ1) is 11.7. The number of pyridine rings is 1. The van der Waals surface area contributed by atoms with E-state index in [1.165, 1.54) is 0 Å². The topological polar surface area (TPSA) is 64.7 Å². The zero-order valence-corrected chi connectivity index (χ0v) is 9.93. The standard InChI is InChI=1S/C13H16N4/c1-10-7-12(4-5-14)17-13(16-10)8-11-3-2-6-15-9-11/h2-3,6-7,9H,4-5,8,14H2,1H3. The van der Waals surface area contributed by atoms with Crippen molar-refractivity contribution in [3.63, 3.8) is 0 Å². The minimum atomic E-state index is 0.614. The molecule has 0 aromatic carbocycles. The van der Waals surface area contributed by atoms with E-state index in [-0.39, 0.29) is 0 Å². The maximum atomic E-state index is 5.54. The third-order valence-electron chi connectivity index (χ3n) is 2.44. The summed E-state index contributed by atoms with van der Waals surface area (Å²) in [5, 5.41) is 0. The minimum Gasteiger partial charge on any atom is -0.330 e. The highest BCUT2D eigenvalue weighted by atomic mass is 14.9. The minimum absolute atomic E-state index is 0.614. The Balaban J connectivity index is 2.21. The second-order valence-corrected chi connectivity index (χ2v) is 3.99. The van der Waals surface area contributed by atoms with Gasteiger partial charge in [-0.1, -0.05) is 6.07 Å². The van der Waals surface area contributed by atoms with Gasteiger partial charge in [-0.3, -0.25) is 4.98 Å². The highest BCUT2D eigenvalue weighted by Gasteiger charge is 2.03. The lowest BCUT2D eigenvalue weighted by Crippen LogP contribution is -2.08. The lowest BCUT2D eigenvalue weighted by atomic mass is 10.2. The molecule has 4 heteroatoms. The van der Waals surface area contributed by atoms with Crippen LogP contribution in [0.2, 0.25) is 0 Å². The summed E-state index contributed by atoms with van der Waals surface area (Å²) < 4.78 is 0. The summed E-state index contributed by atoms with van der Waals surface area (Å²) in [5.74, 6) is 0.835. The summed E-state index contributed by atoms with van der Waals surface area (Å²) in [4.78, 5) is 13.0. The number of aryl methyl sites for hydroxylation is 1. The largest absolute Gasteiger partial charge is 0.330 e. The number of hydrogen-bond donors (Lipinski definition) is 1. The molecule has 0 aliphatic carbocycles. The van der Waals surface area contributed by atoms with Crippen molar-refractivity contribution in [1.29, 1.82) is 0 Å². The Morgan fingerprint density at radius 2 is 2.18 bits per heavy atom. The Hall–Kier alpha value is -1.81. The Morgan fingerprint density at radius 3 is 2.88 bits per heavy atom. The summed E-state index contributed by atoms with van der Waals surface area (Å²) in [6, 6.07) is 5.94. The van der Waals surface area contributed by atoms with E-state index in [9.17, 15) is 0 Å². The van der Waals surface area contributed by atoms with Gasteiger partial charge in [-0.25, -0.2) is 9.97 Å². The third kappa shape index (κ3) is 3.32. The molecule has 0 aliphatic rings. The average molecular weight is 228 g/mol. The van der Waals surface area contributed by atoms with Crippen LogP contribution in [0.25, 0.3) is 0 Å². The number of rotatable bonds is 4. The smallest absolute Gasteiger partial charge is 0.133 e. The van der Waals surface area contributed by atoms with E-state index in [1.807, 2.05) is 31.3 Å². The molecule has 0 atom stereocenters. The van der Waals surface area contributed by atoms with Gasteiger partial charge >= 0.3 is 0 Å². The van der Waals surface area contributed by atoms with Gasteiger partial charge in [0.2, 0.25) is 0 Å². The fraction of sp³-hybridized carbons (Fsp3) is 0.308. The van der Waals surface area contributed by atoms with E-state index in [2.05, 4.69) is 15.0 Å². The van der Waals surface area contributed by atoms with Crippen LogP contribution in [0.4, 0.5) is 0 Å². The molecule has 0 saturated heterocycles. The first-order chi connectivity index (χ1) is 8.28. The highest BCUT2D eigenvalue weighted by Crippen LogP contribution is 2.06. The Bertz CT molecular complexity index is 482. The Labute approximate surface area is 101 Å². The molecule has 0 radical (unpaired) electrons. The van der Waals surface area contributed by atoms with Gasteiger partial charge in [-0.05, 0) is 31.2 Å². The van der Waals surface area contributed by atoms with Gasteiger partial charge in [0.25, 0.3) is 0 Å². The van der Waals surface area contributed by atoms with Crippen molar-refractivity contribution in [2.45, 2.75) is 19.8 Å². The Kier molecular flexibility index (Phi) is 3.77. The second kappa shape index (κ2) is 5.50. The molecule has 0 fully saturated rings. The Morgan fingerprint density at radius 1 is 1.29 bits per heavy atom. The van der Waals surface area contributed by atoms with Crippen LogP contribution in [0.15, 0.2) is 30.6 Å². The van der Waals surface area contributed by atoms with E-state index in [1.54, 1.807) is 6.20 Å². The number of nitrogens with zero attached hydrogens (tertiary/aromatic N) is 3. The summed E-state index contributed by atoms with van der Waals surface area (Å²) in [7, 11) is 0. The fourth-order valence-corrected chi connectivity index (χ4v) is 1.74. The monoisotopic (exact) mass is 228 g/mol. The van der Waals surface area contributed by atoms with E-state index in [0.717, 1.165) is 29.2 Å². The van der Waals surface area contributed by atoms with Crippen LogP contribution in [0.1, 0.15) is 22.8 Å². The van der Waals surface area contributed by atoms with Crippen LogP contribution < -0.4 is 5.73 Å². The summed E-state index contributed by atoms with van der Waals surface area (Å²) in [6.07, 6.45) is 5.12. The zero-order valence-electron chi connectivity index (χ0n) is 9.93. The first-order valence-electron chi connectivity index (χ1n) is 5.70. The summed E-state index contributed by atoms with van der Waals surface area (Å²) in [6.45, 7) is 2.59. The molecule has 0 bridgehead atoms. The molecule has 4 nitrogen and oxygen atoms in total. The van der Waals surface area contributed by atoms with Crippen LogP contribution >= 0.6 is 0 Å². The van der Waals surface area contributed by atoms with E-state index in [4.69, 9.17) is 5.73 Å². The summed E-state index contributed by atoms with van der Waals surface area (Å²) >= 11 is 0. The van der Waals surface area contributed by atoms with Crippen LogP contribution in [0.3, 0.4) is 0 Å². The predicted octanol–water partition coefficient (Wildman–Crippen LogP) is 1.27. The van der Waals surface area contributed by atoms with E-state index < -0.39 is 0 Å². The zero-order chi connectivity index (χ0) is 12.1. The molecule has 2 N–H and O–H groups in total. The lowest BCUT2D eigenvalue weighted by Gasteiger charge is -2.05. The normalized spacial score (nSPS) is 10.5. The van der Waals surface area contributed by atoms with Crippen LogP contribution in [-0.4, -0.2) is 21.5 Å². The number of hydrogen-bond acceptors (Lipinski definition) is 4. The van der Waals surface area contributed by atoms with Crippen molar-refractivity contribution < 1.29 is 0 Å². The summed E-state index contributed by atoms with van der Waals surface area (Å²) in [5.41, 5.74) is 8.67. The molecule has 0 unspecified atom stereocenters. The molecular formula is C13H16N4. The van der Waals surface area contributed by atoms with Crippen molar-refractivity contribution >= 4 is 0 Å². The highest BCUT2D eigenvalue weighted by molar-refractivity contribution is 5.17. The maximum Gasteiger partial charge on any atom is 0.133 e. The van der Waals surface area contributed by atoms with Crippen molar-refractivity contribution in [1.82, 2.24) is 15.0 Å². The number of aromatic nitrogens is 3. The van der Waals surface area contributed by atoms with Gasteiger partial charge in [-0.15, -0.1) is 0 Å². The second-order valence-electron chi connectivity index (χ2n) is 3.99. The third-order valence-corrected chi connectivity index (χ3v) is 2.44. The molecule has 2 heterocycles. The molecule has 2 aromatic rings. The molecular weight excluding hydrogens is 212 g/mol. The van der Waals surface area contributed by atoms with Gasteiger partial charge in [0.15, 0.2) is 0 Å². The average Bonchev–Trinajstić information content (AvgIpc) is 2.30. The van der Waals surface area contributed by atoms with Crippen molar-refractivity contribution in [3.8, 4) is 0 Å². The molecule has 2 aromatic heterocycles. The van der Waals surface area contributed by atoms with Gasteiger partial charge in [0, 0.05) is 36.6 Å². The molecule has 88 valence electrons. The SMILES string of the molecule is Cc1cc(CCN)nc(Cc2cccnc2)n1. The van der Waals surface area contributed by atoms with E-state index in [0.29, 0.717) is 13.0 Å². The molecule has 0 amide bonds. The van der Waals surface area contributed by atoms with Crippen LogP contribution in [0, 0.1) is 6.92 Å². The van der Waals surface area contributed by atoms with Gasteiger partial charge in [0.05, 0.1) is 0 Å². The van der Waals surface area contributed by atoms with Crippen LogP contribution in [-0.2, 0) is 12.8 Å². The number of nitrogens with two attached hydrogens (primary N) is 1.